The van der Waals surface area contributed by atoms with Gasteiger partial charge in [-0.3, -0.25) is 0 Å². The van der Waals surface area contributed by atoms with E-state index in [2.05, 4.69) is 9.72 Å². The van der Waals surface area contributed by atoms with Crippen LogP contribution in [-0.4, -0.2) is 28.8 Å². The van der Waals surface area contributed by atoms with E-state index in [1.807, 2.05) is 0 Å². The summed E-state index contributed by atoms with van der Waals surface area (Å²) in [6.07, 6.45) is 0.778. The second kappa shape index (κ2) is 4.94. The SMILES string of the molecule is CCOC(=O)C(O)Cc1nccs1. The summed E-state index contributed by atoms with van der Waals surface area (Å²) in [5, 5.41) is 11.8. The smallest absolute Gasteiger partial charge is 0.335 e. The van der Waals surface area contributed by atoms with Crippen LogP contribution in [0.3, 0.4) is 0 Å². The number of esters is 1. The van der Waals surface area contributed by atoms with Crippen molar-refractivity contribution < 1.29 is 14.6 Å². The highest BCUT2D eigenvalue weighted by atomic mass is 32.1. The van der Waals surface area contributed by atoms with Gasteiger partial charge >= 0.3 is 5.97 Å². The van der Waals surface area contributed by atoms with Gasteiger partial charge in [-0.15, -0.1) is 11.3 Å². The van der Waals surface area contributed by atoms with E-state index in [0.29, 0.717) is 0 Å². The number of aromatic nitrogens is 1. The van der Waals surface area contributed by atoms with Crippen LogP contribution in [0.25, 0.3) is 0 Å². The molecule has 1 N–H and O–H groups in total. The Morgan fingerprint density at radius 2 is 2.62 bits per heavy atom. The molecule has 0 saturated heterocycles. The minimum absolute atomic E-state index is 0.233. The van der Waals surface area contributed by atoms with Gasteiger partial charge in [-0.05, 0) is 6.92 Å². The molecule has 1 heterocycles. The first-order chi connectivity index (χ1) is 6.24. The fraction of sp³-hybridized carbons (Fsp3) is 0.500. The summed E-state index contributed by atoms with van der Waals surface area (Å²) in [6, 6.07) is 0. The molecule has 0 spiro atoms. The highest BCUT2D eigenvalue weighted by Crippen LogP contribution is 2.07. The second-order valence-electron chi connectivity index (χ2n) is 2.40. The number of hydrogen-bond acceptors (Lipinski definition) is 5. The molecule has 0 bridgehead atoms. The van der Waals surface area contributed by atoms with Gasteiger partial charge in [0.05, 0.1) is 11.6 Å². The van der Waals surface area contributed by atoms with Crippen molar-refractivity contribution in [1.29, 1.82) is 0 Å². The van der Waals surface area contributed by atoms with Crippen LogP contribution >= 0.6 is 11.3 Å². The predicted octanol–water partition coefficient (Wildman–Crippen LogP) is 0.610. The van der Waals surface area contributed by atoms with Crippen molar-refractivity contribution >= 4 is 17.3 Å². The molecule has 72 valence electrons. The highest BCUT2D eigenvalue weighted by Gasteiger charge is 2.17. The van der Waals surface area contributed by atoms with Gasteiger partial charge in [0.25, 0.3) is 0 Å². The molecule has 0 saturated carbocycles. The lowest BCUT2D eigenvalue weighted by atomic mass is 10.3. The van der Waals surface area contributed by atoms with E-state index in [1.165, 1.54) is 11.3 Å². The number of carbonyl (C=O) groups is 1. The Kier molecular flexibility index (Phi) is 3.85. The Hall–Kier alpha value is -0.940. The molecule has 0 aromatic carbocycles. The largest absolute Gasteiger partial charge is 0.464 e. The van der Waals surface area contributed by atoms with Gasteiger partial charge in [-0.1, -0.05) is 0 Å². The molecule has 1 atom stereocenters. The zero-order valence-electron chi connectivity index (χ0n) is 7.27. The number of hydrogen-bond donors (Lipinski definition) is 1. The standard InChI is InChI=1S/C8H11NO3S/c1-2-12-8(11)6(10)5-7-9-3-4-13-7/h3-4,6,10H,2,5H2,1H3. The first-order valence-corrected chi connectivity index (χ1v) is 4.85. The summed E-state index contributed by atoms with van der Waals surface area (Å²) in [4.78, 5) is 14.9. The lowest BCUT2D eigenvalue weighted by molar-refractivity contribution is -0.152. The molecule has 0 amide bonds. The van der Waals surface area contributed by atoms with E-state index < -0.39 is 12.1 Å². The maximum atomic E-state index is 11.0. The van der Waals surface area contributed by atoms with Crippen molar-refractivity contribution in [1.82, 2.24) is 4.98 Å². The average Bonchev–Trinajstić information content (AvgIpc) is 2.57. The van der Waals surface area contributed by atoms with Crippen LogP contribution in [0.2, 0.25) is 0 Å². The van der Waals surface area contributed by atoms with Gasteiger partial charge in [-0.25, -0.2) is 9.78 Å². The summed E-state index contributed by atoms with van der Waals surface area (Å²) in [5.41, 5.74) is 0. The Morgan fingerprint density at radius 1 is 1.85 bits per heavy atom. The monoisotopic (exact) mass is 201 g/mol. The van der Waals surface area contributed by atoms with Crippen LogP contribution in [0, 0.1) is 0 Å². The first kappa shape index (κ1) is 10.1. The minimum atomic E-state index is -1.09. The maximum absolute atomic E-state index is 11.0. The Balaban J connectivity index is 2.41. The van der Waals surface area contributed by atoms with E-state index in [4.69, 9.17) is 0 Å². The molecule has 0 fully saturated rings. The van der Waals surface area contributed by atoms with E-state index in [9.17, 15) is 9.90 Å². The van der Waals surface area contributed by atoms with Crippen LogP contribution in [0.1, 0.15) is 11.9 Å². The zero-order chi connectivity index (χ0) is 9.68. The molecule has 0 aliphatic heterocycles. The normalized spacial score (nSPS) is 12.5. The number of carbonyl (C=O) groups excluding carboxylic acids is 1. The summed E-state index contributed by atoms with van der Waals surface area (Å²) < 4.78 is 4.64. The van der Waals surface area contributed by atoms with Crippen LogP contribution < -0.4 is 0 Å². The number of thiazole rings is 1. The van der Waals surface area contributed by atoms with Crippen LogP contribution in [0.5, 0.6) is 0 Å². The lowest BCUT2D eigenvalue weighted by Gasteiger charge is -2.06. The van der Waals surface area contributed by atoms with Gasteiger partial charge in [0, 0.05) is 18.0 Å². The Labute approximate surface area is 80.2 Å². The Bertz CT molecular complexity index is 260. The number of aliphatic hydroxyl groups is 1. The van der Waals surface area contributed by atoms with E-state index in [0.717, 1.165) is 5.01 Å². The molecular formula is C8H11NO3S. The molecule has 13 heavy (non-hydrogen) atoms. The zero-order valence-corrected chi connectivity index (χ0v) is 8.08. The maximum Gasteiger partial charge on any atom is 0.335 e. The summed E-state index contributed by atoms with van der Waals surface area (Å²) in [7, 11) is 0. The van der Waals surface area contributed by atoms with Crippen molar-refractivity contribution in [2.24, 2.45) is 0 Å². The van der Waals surface area contributed by atoms with E-state index in [-0.39, 0.29) is 13.0 Å². The van der Waals surface area contributed by atoms with Crippen LogP contribution in [0.15, 0.2) is 11.6 Å². The molecule has 0 aliphatic rings. The third-order valence-electron chi connectivity index (χ3n) is 1.41. The summed E-state index contributed by atoms with van der Waals surface area (Å²) in [5.74, 6) is -0.585. The molecule has 5 heteroatoms. The number of nitrogens with zero attached hydrogens (tertiary/aromatic N) is 1. The van der Waals surface area contributed by atoms with Gasteiger partial charge < -0.3 is 9.84 Å². The molecule has 1 aromatic rings. The molecular weight excluding hydrogens is 190 g/mol. The predicted molar refractivity (Wildman–Crippen MR) is 48.5 cm³/mol. The van der Waals surface area contributed by atoms with Crippen molar-refractivity contribution in [3.05, 3.63) is 16.6 Å². The van der Waals surface area contributed by atoms with Crippen molar-refractivity contribution in [2.45, 2.75) is 19.4 Å². The van der Waals surface area contributed by atoms with E-state index >= 15 is 0 Å². The Morgan fingerprint density at radius 3 is 3.15 bits per heavy atom. The fourth-order valence-electron chi connectivity index (χ4n) is 0.841. The van der Waals surface area contributed by atoms with Crippen LogP contribution in [-0.2, 0) is 16.0 Å². The average molecular weight is 201 g/mol. The fourth-order valence-corrected chi connectivity index (χ4v) is 1.50. The third kappa shape index (κ3) is 3.12. The molecule has 1 unspecified atom stereocenters. The van der Waals surface area contributed by atoms with Crippen LogP contribution in [0.4, 0.5) is 0 Å². The van der Waals surface area contributed by atoms with E-state index in [1.54, 1.807) is 18.5 Å². The third-order valence-corrected chi connectivity index (χ3v) is 2.21. The lowest BCUT2D eigenvalue weighted by Crippen LogP contribution is -2.25. The van der Waals surface area contributed by atoms with Gasteiger partial charge in [-0.2, -0.15) is 0 Å². The van der Waals surface area contributed by atoms with Gasteiger partial charge in [0.15, 0.2) is 6.10 Å². The first-order valence-electron chi connectivity index (χ1n) is 3.97. The summed E-state index contributed by atoms with van der Waals surface area (Å²) >= 11 is 1.41. The molecule has 0 aliphatic carbocycles. The second-order valence-corrected chi connectivity index (χ2v) is 3.38. The molecule has 1 aromatic heterocycles. The number of ether oxygens (including phenoxy) is 1. The van der Waals surface area contributed by atoms with Gasteiger partial charge in [0.1, 0.15) is 0 Å². The number of aliphatic hydroxyl groups excluding tert-OH is 1. The molecule has 1 rings (SSSR count). The highest BCUT2D eigenvalue weighted by molar-refractivity contribution is 7.09. The van der Waals surface area contributed by atoms with Gasteiger partial charge in [0.2, 0.25) is 0 Å². The molecule has 4 nitrogen and oxygen atoms in total. The topological polar surface area (TPSA) is 59.4 Å². The van der Waals surface area contributed by atoms with Crippen molar-refractivity contribution in [3.63, 3.8) is 0 Å². The minimum Gasteiger partial charge on any atom is -0.464 e. The van der Waals surface area contributed by atoms with Crippen molar-refractivity contribution in [3.8, 4) is 0 Å². The summed E-state index contributed by atoms with van der Waals surface area (Å²) in [6.45, 7) is 1.99. The molecule has 0 radical (unpaired) electrons. The quantitative estimate of drug-likeness (QED) is 0.725. The van der Waals surface area contributed by atoms with Crippen molar-refractivity contribution in [2.75, 3.05) is 6.61 Å². The number of rotatable bonds is 4.